The second-order valence-electron chi connectivity index (χ2n) is 12.4. The van der Waals surface area contributed by atoms with Crippen molar-refractivity contribution >= 4 is 39.0 Å². The van der Waals surface area contributed by atoms with E-state index in [9.17, 15) is 0 Å². The van der Waals surface area contributed by atoms with Crippen LogP contribution in [0, 0.1) is 24.5 Å². The Morgan fingerprint density at radius 3 is 2.57 bits per heavy atom. The maximum atomic E-state index is 6.11. The van der Waals surface area contributed by atoms with Crippen LogP contribution in [0.2, 0.25) is 0 Å². The van der Waals surface area contributed by atoms with Crippen LogP contribution in [0.4, 0.5) is 0 Å². The van der Waals surface area contributed by atoms with Gasteiger partial charge in [-0.15, -0.1) is 54.1 Å². The van der Waals surface area contributed by atoms with E-state index in [4.69, 9.17) is 9.40 Å². The quantitative estimate of drug-likeness (QED) is 0.169. The van der Waals surface area contributed by atoms with Gasteiger partial charge in [0.25, 0.3) is 0 Å². The van der Waals surface area contributed by atoms with Gasteiger partial charge in [0.1, 0.15) is 5.58 Å². The summed E-state index contributed by atoms with van der Waals surface area (Å²) in [6.45, 7) is 9.74. The topological polar surface area (TPSA) is 43.9 Å². The molecule has 0 atom stereocenters. The van der Waals surface area contributed by atoms with Crippen molar-refractivity contribution in [3.63, 3.8) is 0 Å². The average Bonchev–Trinajstić information content (AvgIpc) is 3.57. The number of aryl methyl sites for hydroxylation is 1. The number of allylic oxidation sites excluding steroid dienone is 1. The van der Waals surface area contributed by atoms with E-state index in [-0.39, 0.29) is 25.5 Å². The van der Waals surface area contributed by atoms with Crippen molar-refractivity contribution in [1.29, 1.82) is 0 Å². The molecular formula is C39H33IrN3O-2. The number of pyridine rings is 1. The summed E-state index contributed by atoms with van der Waals surface area (Å²) < 4.78 is 8.38. The summed E-state index contributed by atoms with van der Waals surface area (Å²) in [5.41, 5.74) is 11.0. The predicted molar refractivity (Wildman–Crippen MR) is 177 cm³/mol. The van der Waals surface area contributed by atoms with Gasteiger partial charge in [-0.2, -0.15) is 0 Å². The zero-order valence-corrected chi connectivity index (χ0v) is 27.7. The zero-order chi connectivity index (χ0) is 29.6. The van der Waals surface area contributed by atoms with Crippen molar-refractivity contribution in [2.75, 3.05) is 0 Å². The minimum absolute atomic E-state index is 0. The molecule has 0 saturated heterocycles. The molecule has 1 aliphatic heterocycles. The summed E-state index contributed by atoms with van der Waals surface area (Å²) in [5.74, 6) is 1.01. The van der Waals surface area contributed by atoms with Crippen LogP contribution < -0.4 is 0 Å². The fourth-order valence-corrected chi connectivity index (χ4v) is 5.99. The first-order valence-electron chi connectivity index (χ1n) is 14.8. The summed E-state index contributed by atoms with van der Waals surface area (Å²) >= 11 is 0. The van der Waals surface area contributed by atoms with Crippen molar-refractivity contribution in [2.24, 2.45) is 5.41 Å². The largest absolute Gasteiger partial charge is 0.501 e. The number of nitrogens with zero attached hydrogens (tertiary/aromatic N) is 3. The SMILES string of the molecule is CC(C)(C)Cc1ccnc(-c2[c-]ccc3c2oc2ccccc23)c1.Cc1cc2c3c(c1)nc(-c1[c-]cccc1)n3CC=C2.[Ir]. The van der Waals surface area contributed by atoms with Gasteiger partial charge in [0, 0.05) is 38.2 Å². The van der Waals surface area contributed by atoms with Gasteiger partial charge in [-0.25, -0.2) is 0 Å². The molecule has 4 aromatic carbocycles. The molecule has 221 valence electrons. The van der Waals surface area contributed by atoms with Crippen LogP contribution in [0.5, 0.6) is 0 Å². The van der Waals surface area contributed by atoms with Crippen molar-refractivity contribution in [3.8, 4) is 22.6 Å². The third-order valence-corrected chi connectivity index (χ3v) is 7.70. The number of hydrogen-bond donors (Lipinski definition) is 0. The fraction of sp³-hybridized carbons (Fsp3) is 0.179. The van der Waals surface area contributed by atoms with Crippen LogP contribution in [0.1, 0.15) is 37.5 Å². The summed E-state index contributed by atoms with van der Waals surface area (Å²) in [6, 6.07) is 35.4. The van der Waals surface area contributed by atoms with Crippen LogP contribution in [0.3, 0.4) is 0 Å². The first kappa shape index (κ1) is 29.7. The Bertz CT molecular complexity index is 2130. The minimum Gasteiger partial charge on any atom is -0.501 e. The Kier molecular flexibility index (Phi) is 8.11. The number of furan rings is 1. The second kappa shape index (κ2) is 12.0. The molecule has 4 nitrogen and oxygen atoms in total. The monoisotopic (exact) mass is 752 g/mol. The summed E-state index contributed by atoms with van der Waals surface area (Å²) in [4.78, 5) is 9.38. The van der Waals surface area contributed by atoms with Gasteiger partial charge >= 0.3 is 0 Å². The Balaban J connectivity index is 0.000000156. The summed E-state index contributed by atoms with van der Waals surface area (Å²) in [7, 11) is 0. The predicted octanol–water partition coefficient (Wildman–Crippen LogP) is 9.87. The van der Waals surface area contributed by atoms with Gasteiger partial charge in [0.05, 0.1) is 22.4 Å². The number of imidazole rings is 1. The summed E-state index contributed by atoms with van der Waals surface area (Å²) in [6.07, 6.45) is 7.27. The van der Waals surface area contributed by atoms with Gasteiger partial charge in [0.15, 0.2) is 0 Å². The van der Waals surface area contributed by atoms with Crippen LogP contribution >= 0.6 is 0 Å². The molecule has 0 N–H and O–H groups in total. The molecule has 8 rings (SSSR count). The molecule has 7 aromatic rings. The maximum absolute atomic E-state index is 6.11. The molecule has 0 amide bonds. The van der Waals surface area contributed by atoms with E-state index in [2.05, 4.69) is 104 Å². The van der Waals surface area contributed by atoms with Crippen LogP contribution in [0.25, 0.3) is 61.7 Å². The third-order valence-electron chi connectivity index (χ3n) is 7.70. The Hall–Kier alpha value is -4.31. The van der Waals surface area contributed by atoms with E-state index in [1.165, 1.54) is 22.2 Å². The third kappa shape index (κ3) is 5.78. The van der Waals surface area contributed by atoms with Crippen molar-refractivity contribution in [1.82, 2.24) is 14.5 Å². The van der Waals surface area contributed by atoms with Gasteiger partial charge in [-0.1, -0.05) is 73.7 Å². The van der Waals surface area contributed by atoms with Gasteiger partial charge < -0.3 is 14.0 Å². The van der Waals surface area contributed by atoms with Crippen LogP contribution in [-0.2, 0) is 33.1 Å². The molecule has 0 bridgehead atoms. The number of aromatic nitrogens is 3. The molecule has 3 aromatic heterocycles. The van der Waals surface area contributed by atoms with Gasteiger partial charge in [-0.3, -0.25) is 4.98 Å². The normalized spacial score (nSPS) is 12.3. The van der Waals surface area contributed by atoms with E-state index < -0.39 is 0 Å². The number of rotatable bonds is 3. The van der Waals surface area contributed by atoms with Gasteiger partial charge in [-0.05, 0) is 59.8 Å². The molecule has 44 heavy (non-hydrogen) atoms. The van der Waals surface area contributed by atoms with Gasteiger partial charge in [0.2, 0.25) is 0 Å². The average molecular weight is 752 g/mol. The fourth-order valence-electron chi connectivity index (χ4n) is 5.99. The molecular weight excluding hydrogens is 719 g/mol. The molecule has 0 spiro atoms. The van der Waals surface area contributed by atoms with E-state index >= 15 is 0 Å². The van der Waals surface area contributed by atoms with E-state index in [1.807, 2.05) is 48.7 Å². The molecule has 0 aliphatic carbocycles. The number of para-hydroxylation sites is 1. The minimum atomic E-state index is 0. The number of hydrogen-bond acceptors (Lipinski definition) is 3. The smallest absolute Gasteiger partial charge is 0.120 e. The first-order chi connectivity index (χ1) is 20.8. The molecule has 1 radical (unpaired) electrons. The summed E-state index contributed by atoms with van der Waals surface area (Å²) in [5, 5.41) is 2.25. The Morgan fingerprint density at radius 2 is 1.75 bits per heavy atom. The van der Waals surface area contributed by atoms with Crippen LogP contribution in [0.15, 0.2) is 102 Å². The Morgan fingerprint density at radius 1 is 0.909 bits per heavy atom. The number of fused-ring (bicyclic) bond motifs is 3. The molecule has 0 unspecified atom stereocenters. The molecule has 0 saturated carbocycles. The standard InChI is InChI=1S/C22H20NO.C17H13N2.Ir/c1-22(2,3)14-15-11-12-23-19(13-15)18-9-6-8-17-16-7-4-5-10-20(16)24-21(17)18;1-12-10-14-8-5-9-19-16(14)15(11-12)18-17(19)13-6-3-2-4-7-13;/h4-8,10-13H,14H2,1-3H3;2-6,8,10-11H,9H2,1H3;/q2*-1;. The van der Waals surface area contributed by atoms with E-state index in [1.54, 1.807) is 0 Å². The van der Waals surface area contributed by atoms with E-state index in [0.29, 0.717) is 0 Å². The van der Waals surface area contributed by atoms with E-state index in [0.717, 1.165) is 63.1 Å². The first-order valence-corrected chi connectivity index (χ1v) is 14.8. The maximum Gasteiger partial charge on any atom is 0.120 e. The second-order valence-corrected chi connectivity index (χ2v) is 12.4. The van der Waals surface area contributed by atoms with Crippen molar-refractivity contribution in [2.45, 2.75) is 40.7 Å². The number of benzene rings is 4. The van der Waals surface area contributed by atoms with Crippen molar-refractivity contribution < 1.29 is 24.5 Å². The Labute approximate surface area is 271 Å². The molecule has 1 aliphatic rings. The molecule has 4 heterocycles. The van der Waals surface area contributed by atoms with Crippen molar-refractivity contribution in [3.05, 3.63) is 126 Å². The molecule has 0 fully saturated rings. The molecule has 5 heteroatoms. The van der Waals surface area contributed by atoms with Crippen LogP contribution in [-0.4, -0.2) is 14.5 Å². The zero-order valence-electron chi connectivity index (χ0n) is 25.3.